The minimum Gasteiger partial charge on any atom is -0.491 e. The molecule has 0 aliphatic carbocycles. The lowest BCUT2D eigenvalue weighted by Crippen LogP contribution is -2.11. The number of unbranched alkanes of at least 4 members (excludes halogenated alkanes) is 7. The highest BCUT2D eigenvalue weighted by Gasteiger charge is 1.96. The first-order valence-corrected chi connectivity index (χ1v) is 9.70. The van der Waals surface area contributed by atoms with Crippen LogP contribution in [0.5, 0.6) is 5.75 Å². The van der Waals surface area contributed by atoms with Crippen molar-refractivity contribution in [1.29, 1.82) is 0 Å². The largest absolute Gasteiger partial charge is 0.491 e. The second kappa shape index (κ2) is 16.1. The molecule has 1 aromatic carbocycles. The fraction of sp³-hybridized carbons (Fsp3) is 0.667. The molecule has 1 rings (SSSR count). The minimum atomic E-state index is 0.498. The van der Waals surface area contributed by atoms with Crippen LogP contribution in [0.25, 0.3) is 0 Å². The first-order valence-electron chi connectivity index (χ1n) is 9.70. The summed E-state index contributed by atoms with van der Waals surface area (Å²) >= 11 is 0. The van der Waals surface area contributed by atoms with E-state index in [9.17, 15) is 4.79 Å². The molecule has 0 heterocycles. The fourth-order valence-corrected chi connectivity index (χ4v) is 2.52. The van der Waals surface area contributed by atoms with E-state index in [0.717, 1.165) is 25.1 Å². The Morgan fingerprint density at radius 3 is 1.92 bits per heavy atom. The van der Waals surface area contributed by atoms with Crippen LogP contribution < -0.4 is 4.74 Å². The zero-order valence-electron chi connectivity index (χ0n) is 15.7. The second-order valence-electron chi connectivity index (χ2n) is 6.23. The molecule has 0 aliphatic heterocycles. The summed E-state index contributed by atoms with van der Waals surface area (Å²) in [5.41, 5.74) is 0.650. The van der Waals surface area contributed by atoms with Crippen molar-refractivity contribution in [2.24, 2.45) is 0 Å². The van der Waals surface area contributed by atoms with E-state index in [1.54, 1.807) is 24.3 Å². The van der Waals surface area contributed by atoms with Crippen LogP contribution in [0.15, 0.2) is 24.3 Å². The van der Waals surface area contributed by atoms with Crippen molar-refractivity contribution in [3.05, 3.63) is 29.8 Å². The first kappa shape index (κ1) is 21.7. The smallest absolute Gasteiger partial charge is 0.150 e. The average molecular weight is 350 g/mol. The lowest BCUT2D eigenvalue weighted by Gasteiger charge is -2.08. The highest BCUT2D eigenvalue weighted by molar-refractivity contribution is 5.74. The average Bonchev–Trinajstić information content (AvgIpc) is 2.65. The molecule has 25 heavy (non-hydrogen) atoms. The van der Waals surface area contributed by atoms with Crippen molar-refractivity contribution in [2.75, 3.05) is 33.0 Å². The molecule has 0 aliphatic rings. The first-order chi connectivity index (χ1) is 12.4. The van der Waals surface area contributed by atoms with E-state index in [1.165, 1.54) is 44.9 Å². The number of aldehydes is 1. The standard InChI is InChI=1S/C21H34O4/c1-2-3-4-5-6-7-8-9-14-23-15-16-24-17-18-25-21-12-10-20(19-22)11-13-21/h10-13,19H,2-9,14-18H2,1H3. The Morgan fingerprint density at radius 1 is 0.720 bits per heavy atom. The molecule has 4 heteroatoms. The zero-order chi connectivity index (χ0) is 18.0. The van der Waals surface area contributed by atoms with Crippen LogP contribution in [0, 0.1) is 0 Å². The maximum absolute atomic E-state index is 10.6. The fourth-order valence-electron chi connectivity index (χ4n) is 2.52. The molecule has 0 spiro atoms. The number of carbonyl (C=O) groups is 1. The lowest BCUT2D eigenvalue weighted by atomic mass is 10.1. The third-order valence-corrected chi connectivity index (χ3v) is 4.03. The summed E-state index contributed by atoms with van der Waals surface area (Å²) in [7, 11) is 0. The molecular weight excluding hydrogens is 316 g/mol. The molecule has 0 atom stereocenters. The van der Waals surface area contributed by atoms with Gasteiger partial charge in [0.1, 0.15) is 18.6 Å². The molecule has 0 N–H and O–H groups in total. The topological polar surface area (TPSA) is 44.8 Å². The van der Waals surface area contributed by atoms with Gasteiger partial charge in [-0.05, 0) is 30.7 Å². The Hall–Kier alpha value is -1.39. The van der Waals surface area contributed by atoms with Gasteiger partial charge in [-0.15, -0.1) is 0 Å². The van der Waals surface area contributed by atoms with Gasteiger partial charge in [0.05, 0.1) is 19.8 Å². The second-order valence-corrected chi connectivity index (χ2v) is 6.23. The van der Waals surface area contributed by atoms with Gasteiger partial charge in [0, 0.05) is 12.2 Å². The molecule has 4 nitrogen and oxygen atoms in total. The predicted molar refractivity (Wildman–Crippen MR) is 102 cm³/mol. The van der Waals surface area contributed by atoms with E-state index in [1.807, 2.05) is 0 Å². The number of benzene rings is 1. The maximum atomic E-state index is 10.6. The monoisotopic (exact) mass is 350 g/mol. The van der Waals surface area contributed by atoms with E-state index in [-0.39, 0.29) is 0 Å². The van der Waals surface area contributed by atoms with Gasteiger partial charge in [0.15, 0.2) is 0 Å². The van der Waals surface area contributed by atoms with Gasteiger partial charge in [-0.25, -0.2) is 0 Å². The number of rotatable bonds is 17. The lowest BCUT2D eigenvalue weighted by molar-refractivity contribution is 0.0352. The SMILES string of the molecule is CCCCCCCCCCOCCOCCOc1ccc(C=O)cc1. The summed E-state index contributed by atoms with van der Waals surface area (Å²) in [4.78, 5) is 10.6. The molecule has 0 amide bonds. The molecule has 0 radical (unpaired) electrons. The van der Waals surface area contributed by atoms with E-state index in [4.69, 9.17) is 14.2 Å². The Balaban J connectivity index is 1.79. The van der Waals surface area contributed by atoms with Crippen LogP contribution in [0.2, 0.25) is 0 Å². The quantitative estimate of drug-likeness (QED) is 0.291. The molecule has 0 bridgehead atoms. The maximum Gasteiger partial charge on any atom is 0.150 e. The summed E-state index contributed by atoms with van der Waals surface area (Å²) in [6.45, 7) is 5.37. The number of carbonyl (C=O) groups excluding carboxylic acids is 1. The third kappa shape index (κ3) is 12.6. The summed E-state index contributed by atoms with van der Waals surface area (Å²) < 4.78 is 16.6. The van der Waals surface area contributed by atoms with Gasteiger partial charge in [0.25, 0.3) is 0 Å². The van der Waals surface area contributed by atoms with Crippen molar-refractivity contribution in [2.45, 2.75) is 58.3 Å². The summed E-state index contributed by atoms with van der Waals surface area (Å²) in [5, 5.41) is 0. The van der Waals surface area contributed by atoms with E-state index in [2.05, 4.69) is 6.92 Å². The molecule has 142 valence electrons. The van der Waals surface area contributed by atoms with E-state index >= 15 is 0 Å². The highest BCUT2D eigenvalue weighted by atomic mass is 16.5. The van der Waals surface area contributed by atoms with E-state index < -0.39 is 0 Å². The van der Waals surface area contributed by atoms with Gasteiger partial charge >= 0.3 is 0 Å². The van der Waals surface area contributed by atoms with Crippen molar-refractivity contribution >= 4 is 6.29 Å². The number of ether oxygens (including phenoxy) is 3. The highest BCUT2D eigenvalue weighted by Crippen LogP contribution is 2.10. The summed E-state index contributed by atoms with van der Waals surface area (Å²) in [5.74, 6) is 0.750. The van der Waals surface area contributed by atoms with Crippen LogP contribution in [0.4, 0.5) is 0 Å². The summed E-state index contributed by atoms with van der Waals surface area (Å²) in [6.07, 6.45) is 11.4. The molecule has 0 fully saturated rings. The van der Waals surface area contributed by atoms with Crippen LogP contribution in [0.3, 0.4) is 0 Å². The zero-order valence-corrected chi connectivity index (χ0v) is 15.7. The number of hydrogen-bond donors (Lipinski definition) is 0. The van der Waals surface area contributed by atoms with Gasteiger partial charge < -0.3 is 14.2 Å². The van der Waals surface area contributed by atoms with Crippen molar-refractivity contribution in [1.82, 2.24) is 0 Å². The van der Waals surface area contributed by atoms with Crippen molar-refractivity contribution < 1.29 is 19.0 Å². The molecular formula is C21H34O4. The molecule has 0 saturated heterocycles. The van der Waals surface area contributed by atoms with Gasteiger partial charge in [-0.3, -0.25) is 4.79 Å². The molecule has 0 unspecified atom stereocenters. The Labute approximate surface area is 152 Å². The summed E-state index contributed by atoms with van der Waals surface area (Å²) in [6, 6.07) is 7.05. The van der Waals surface area contributed by atoms with Crippen molar-refractivity contribution in [3.63, 3.8) is 0 Å². The van der Waals surface area contributed by atoms with Crippen LogP contribution >= 0.6 is 0 Å². The van der Waals surface area contributed by atoms with Gasteiger partial charge in [0.2, 0.25) is 0 Å². The predicted octanol–water partition coefficient (Wildman–Crippen LogP) is 5.05. The number of hydrogen-bond acceptors (Lipinski definition) is 4. The minimum absolute atomic E-state index is 0.498. The van der Waals surface area contributed by atoms with Crippen LogP contribution in [-0.2, 0) is 9.47 Å². The van der Waals surface area contributed by atoms with Crippen LogP contribution in [-0.4, -0.2) is 39.3 Å². The normalized spacial score (nSPS) is 10.8. The van der Waals surface area contributed by atoms with Crippen molar-refractivity contribution in [3.8, 4) is 5.75 Å². The third-order valence-electron chi connectivity index (χ3n) is 4.03. The molecule has 1 aromatic rings. The van der Waals surface area contributed by atoms with Gasteiger partial charge in [-0.1, -0.05) is 51.9 Å². The van der Waals surface area contributed by atoms with Gasteiger partial charge in [-0.2, -0.15) is 0 Å². The molecule has 0 saturated carbocycles. The Kier molecular flexibility index (Phi) is 13.9. The Bertz CT molecular complexity index is 416. The van der Waals surface area contributed by atoms with E-state index in [0.29, 0.717) is 32.0 Å². The van der Waals surface area contributed by atoms with Crippen LogP contribution in [0.1, 0.15) is 68.6 Å². The molecule has 0 aromatic heterocycles. The Morgan fingerprint density at radius 2 is 1.28 bits per heavy atom.